The van der Waals surface area contributed by atoms with Gasteiger partial charge in [0.25, 0.3) is 0 Å². The molecule has 0 saturated carbocycles. The van der Waals surface area contributed by atoms with Crippen LogP contribution < -0.4 is 5.73 Å². The van der Waals surface area contributed by atoms with E-state index in [0.29, 0.717) is 10.5 Å². The van der Waals surface area contributed by atoms with Gasteiger partial charge in [-0.1, -0.05) is 18.3 Å². The van der Waals surface area contributed by atoms with Crippen molar-refractivity contribution >= 4 is 29.0 Å². The molecule has 0 aromatic heterocycles. The summed E-state index contributed by atoms with van der Waals surface area (Å²) >= 11 is 6.06. The topological polar surface area (TPSA) is 26.0 Å². The van der Waals surface area contributed by atoms with E-state index in [1.807, 2.05) is 6.26 Å². The van der Waals surface area contributed by atoms with Gasteiger partial charge in [0.1, 0.15) is 10.8 Å². The molecule has 2 N–H and O–H groups in total. The highest BCUT2D eigenvalue weighted by molar-refractivity contribution is 7.98. The van der Waals surface area contributed by atoms with Crippen LogP contribution in [0.25, 0.3) is 0 Å². The summed E-state index contributed by atoms with van der Waals surface area (Å²) in [4.78, 5) is 0.830. The largest absolute Gasteiger partial charge is 0.389 e. The van der Waals surface area contributed by atoms with E-state index in [2.05, 4.69) is 0 Å². The van der Waals surface area contributed by atoms with E-state index in [1.165, 1.54) is 17.8 Å². The SMILES string of the molecule is CSc1ccc(C(N)=S)cc1F. The van der Waals surface area contributed by atoms with Crippen LogP contribution in [0.3, 0.4) is 0 Å². The molecule has 0 aliphatic carbocycles. The molecule has 4 heteroatoms. The molecule has 0 spiro atoms. The first-order valence-corrected chi connectivity index (χ1v) is 4.92. The van der Waals surface area contributed by atoms with Crippen LogP contribution in [0.4, 0.5) is 4.39 Å². The number of halogens is 1. The van der Waals surface area contributed by atoms with Crippen LogP contribution in [0, 0.1) is 5.82 Å². The third kappa shape index (κ3) is 1.95. The Kier molecular flexibility index (Phi) is 3.05. The van der Waals surface area contributed by atoms with Gasteiger partial charge in [0.15, 0.2) is 0 Å². The zero-order valence-corrected chi connectivity index (χ0v) is 8.14. The number of thiocarbonyl (C=S) groups is 1. The predicted molar refractivity (Wildman–Crippen MR) is 54.1 cm³/mol. The van der Waals surface area contributed by atoms with Crippen molar-refractivity contribution in [3.8, 4) is 0 Å². The normalized spacial score (nSPS) is 9.83. The first-order valence-electron chi connectivity index (χ1n) is 3.28. The Labute approximate surface area is 80.1 Å². The smallest absolute Gasteiger partial charge is 0.137 e. The Balaban J connectivity index is 3.10. The van der Waals surface area contributed by atoms with Crippen LogP contribution >= 0.6 is 24.0 Å². The third-order valence-electron chi connectivity index (χ3n) is 1.44. The van der Waals surface area contributed by atoms with Gasteiger partial charge in [-0.15, -0.1) is 11.8 Å². The maximum atomic E-state index is 13.1. The Morgan fingerprint density at radius 3 is 2.67 bits per heavy atom. The number of thioether (sulfide) groups is 1. The standard InChI is InChI=1S/C8H8FNS2/c1-12-7-3-2-5(8(10)11)4-6(7)9/h2-4H,1H3,(H2,10,11). The maximum Gasteiger partial charge on any atom is 0.137 e. The lowest BCUT2D eigenvalue weighted by Gasteiger charge is -2.01. The van der Waals surface area contributed by atoms with Crippen molar-refractivity contribution in [2.24, 2.45) is 5.73 Å². The monoisotopic (exact) mass is 201 g/mol. The molecule has 0 saturated heterocycles. The van der Waals surface area contributed by atoms with E-state index >= 15 is 0 Å². The van der Waals surface area contributed by atoms with Gasteiger partial charge in [0.2, 0.25) is 0 Å². The summed E-state index contributed by atoms with van der Waals surface area (Å²) in [5.41, 5.74) is 5.90. The first kappa shape index (κ1) is 9.48. The van der Waals surface area contributed by atoms with Gasteiger partial charge in [-0.3, -0.25) is 0 Å². The number of hydrogen-bond donors (Lipinski definition) is 1. The molecule has 12 heavy (non-hydrogen) atoms. The van der Waals surface area contributed by atoms with Crippen LogP contribution in [0.5, 0.6) is 0 Å². The molecule has 0 atom stereocenters. The van der Waals surface area contributed by atoms with E-state index in [4.69, 9.17) is 18.0 Å². The Morgan fingerprint density at radius 2 is 2.25 bits per heavy atom. The molecule has 0 aliphatic rings. The van der Waals surface area contributed by atoms with E-state index in [0.717, 1.165) is 0 Å². The van der Waals surface area contributed by atoms with Crippen LogP contribution in [-0.2, 0) is 0 Å². The second kappa shape index (κ2) is 3.87. The summed E-state index contributed by atoms with van der Waals surface area (Å²) in [5, 5.41) is 0. The predicted octanol–water partition coefficient (Wildman–Crippen LogP) is 2.18. The Bertz CT molecular complexity index is 312. The van der Waals surface area contributed by atoms with Crippen molar-refractivity contribution in [1.82, 2.24) is 0 Å². The van der Waals surface area contributed by atoms with Gasteiger partial charge < -0.3 is 5.73 Å². The minimum absolute atomic E-state index is 0.224. The minimum atomic E-state index is -0.271. The van der Waals surface area contributed by atoms with Gasteiger partial charge in [-0.25, -0.2) is 4.39 Å². The fourth-order valence-electron chi connectivity index (χ4n) is 0.820. The van der Waals surface area contributed by atoms with Crippen LogP contribution in [0.15, 0.2) is 23.1 Å². The Morgan fingerprint density at radius 1 is 1.58 bits per heavy atom. The molecule has 1 nitrogen and oxygen atoms in total. The summed E-state index contributed by atoms with van der Waals surface area (Å²) in [5.74, 6) is -0.271. The van der Waals surface area contributed by atoms with Gasteiger partial charge in [0, 0.05) is 10.5 Å². The number of hydrogen-bond acceptors (Lipinski definition) is 2. The molecule has 64 valence electrons. The quantitative estimate of drug-likeness (QED) is 0.586. The van der Waals surface area contributed by atoms with E-state index in [1.54, 1.807) is 12.1 Å². The molecule has 1 rings (SSSR count). The van der Waals surface area contributed by atoms with Crippen molar-refractivity contribution in [3.05, 3.63) is 29.6 Å². The zero-order chi connectivity index (χ0) is 9.14. The molecule has 0 unspecified atom stereocenters. The average Bonchev–Trinajstić information content (AvgIpc) is 2.04. The number of benzene rings is 1. The van der Waals surface area contributed by atoms with Crippen molar-refractivity contribution in [2.45, 2.75) is 4.90 Å². The molecule has 0 heterocycles. The molecular weight excluding hydrogens is 193 g/mol. The molecule has 1 aromatic carbocycles. The molecular formula is C8H8FNS2. The second-order valence-electron chi connectivity index (χ2n) is 2.21. The zero-order valence-electron chi connectivity index (χ0n) is 6.50. The van der Waals surface area contributed by atoms with Crippen LogP contribution in [-0.4, -0.2) is 11.2 Å². The maximum absolute atomic E-state index is 13.1. The lowest BCUT2D eigenvalue weighted by molar-refractivity contribution is 0.602. The Hall–Kier alpha value is -0.610. The average molecular weight is 201 g/mol. The first-order chi connectivity index (χ1) is 5.65. The van der Waals surface area contributed by atoms with Crippen molar-refractivity contribution in [3.63, 3.8) is 0 Å². The summed E-state index contributed by atoms with van der Waals surface area (Å²) in [6, 6.07) is 4.75. The van der Waals surface area contributed by atoms with Crippen molar-refractivity contribution in [1.29, 1.82) is 0 Å². The van der Waals surface area contributed by atoms with Gasteiger partial charge >= 0.3 is 0 Å². The highest BCUT2D eigenvalue weighted by Crippen LogP contribution is 2.19. The fourth-order valence-corrected chi connectivity index (χ4v) is 1.40. The van der Waals surface area contributed by atoms with Gasteiger partial charge in [-0.05, 0) is 18.4 Å². The third-order valence-corrected chi connectivity index (χ3v) is 2.44. The van der Waals surface area contributed by atoms with Gasteiger partial charge in [-0.2, -0.15) is 0 Å². The second-order valence-corrected chi connectivity index (χ2v) is 3.50. The highest BCUT2D eigenvalue weighted by Gasteiger charge is 2.03. The van der Waals surface area contributed by atoms with Crippen LogP contribution in [0.1, 0.15) is 5.56 Å². The molecule has 0 fully saturated rings. The lowest BCUT2D eigenvalue weighted by Crippen LogP contribution is -2.09. The molecule has 0 amide bonds. The summed E-state index contributed by atoms with van der Waals surface area (Å²) < 4.78 is 13.1. The lowest BCUT2D eigenvalue weighted by atomic mass is 10.2. The van der Waals surface area contributed by atoms with E-state index < -0.39 is 0 Å². The molecule has 1 aromatic rings. The minimum Gasteiger partial charge on any atom is -0.389 e. The molecule has 0 bridgehead atoms. The summed E-state index contributed by atoms with van der Waals surface area (Å²) in [7, 11) is 0. The highest BCUT2D eigenvalue weighted by atomic mass is 32.2. The summed E-state index contributed by atoms with van der Waals surface area (Å²) in [6.07, 6.45) is 1.82. The summed E-state index contributed by atoms with van der Waals surface area (Å²) in [6.45, 7) is 0. The van der Waals surface area contributed by atoms with Crippen molar-refractivity contribution < 1.29 is 4.39 Å². The van der Waals surface area contributed by atoms with Crippen LogP contribution in [0.2, 0.25) is 0 Å². The number of rotatable bonds is 2. The van der Waals surface area contributed by atoms with Gasteiger partial charge in [0.05, 0.1) is 0 Å². The van der Waals surface area contributed by atoms with Crippen molar-refractivity contribution in [2.75, 3.05) is 6.26 Å². The molecule has 0 aliphatic heterocycles. The molecule has 0 radical (unpaired) electrons. The number of nitrogens with two attached hydrogens (primary N) is 1. The van der Waals surface area contributed by atoms with E-state index in [-0.39, 0.29) is 10.8 Å². The van der Waals surface area contributed by atoms with E-state index in [9.17, 15) is 4.39 Å². The fraction of sp³-hybridized carbons (Fsp3) is 0.125.